The van der Waals surface area contributed by atoms with Gasteiger partial charge in [-0.25, -0.2) is 4.79 Å². The number of ether oxygens (including phenoxy) is 1. The fourth-order valence-electron chi connectivity index (χ4n) is 1.91. The molecule has 0 aromatic heterocycles. The Balaban J connectivity index is 2.37. The highest BCUT2D eigenvalue weighted by Crippen LogP contribution is 2.27. The largest absolute Gasteiger partial charge is 0.495 e. The molecule has 22 heavy (non-hydrogen) atoms. The lowest BCUT2D eigenvalue weighted by Crippen LogP contribution is -1.95. The van der Waals surface area contributed by atoms with Gasteiger partial charge in [-0.1, -0.05) is 29.8 Å². The fourth-order valence-corrected chi connectivity index (χ4v) is 2.18. The lowest BCUT2D eigenvalue weighted by molar-refractivity contribution is 0.0697. The third kappa shape index (κ3) is 3.46. The SMILES string of the molecule is COc1ccc(/C=C(/C#N)c2ccc(C(=O)O)cc2)cc1Cl. The second kappa shape index (κ2) is 6.79. The lowest BCUT2D eigenvalue weighted by Gasteiger charge is -2.04. The summed E-state index contributed by atoms with van der Waals surface area (Å²) in [5.74, 6) is -0.445. The zero-order chi connectivity index (χ0) is 16.1. The second-order valence-electron chi connectivity index (χ2n) is 4.45. The molecule has 0 saturated carbocycles. The molecule has 0 spiro atoms. The van der Waals surface area contributed by atoms with E-state index in [1.165, 1.54) is 19.2 Å². The summed E-state index contributed by atoms with van der Waals surface area (Å²) in [6.07, 6.45) is 1.68. The topological polar surface area (TPSA) is 70.3 Å². The summed E-state index contributed by atoms with van der Waals surface area (Å²) in [6, 6.07) is 13.4. The van der Waals surface area contributed by atoms with Crippen LogP contribution >= 0.6 is 11.6 Å². The van der Waals surface area contributed by atoms with E-state index in [1.54, 1.807) is 36.4 Å². The first-order chi connectivity index (χ1) is 10.5. The van der Waals surface area contributed by atoms with Crippen molar-refractivity contribution in [3.63, 3.8) is 0 Å². The highest BCUT2D eigenvalue weighted by Gasteiger charge is 2.06. The van der Waals surface area contributed by atoms with Crippen LogP contribution in [0.5, 0.6) is 5.75 Å². The van der Waals surface area contributed by atoms with Crippen LogP contribution in [0.15, 0.2) is 42.5 Å². The number of aromatic carboxylic acids is 1. The molecular weight excluding hydrogens is 302 g/mol. The maximum atomic E-state index is 10.8. The molecule has 0 unspecified atom stereocenters. The molecule has 0 saturated heterocycles. The van der Waals surface area contributed by atoms with E-state index in [-0.39, 0.29) is 5.56 Å². The standard InChI is InChI=1S/C17H12ClNO3/c1-22-16-7-2-11(9-15(16)18)8-14(10-19)12-3-5-13(6-4-12)17(20)21/h2-9H,1H3,(H,20,21)/b14-8-. The first kappa shape index (κ1) is 15.6. The number of hydrogen-bond donors (Lipinski definition) is 1. The van der Waals surface area contributed by atoms with Crippen molar-refractivity contribution in [1.29, 1.82) is 5.26 Å². The van der Waals surface area contributed by atoms with Gasteiger partial charge in [0.05, 0.1) is 29.3 Å². The molecule has 0 atom stereocenters. The van der Waals surface area contributed by atoms with Crippen LogP contribution in [0.2, 0.25) is 5.02 Å². The molecule has 0 aliphatic carbocycles. The number of nitriles is 1. The summed E-state index contributed by atoms with van der Waals surface area (Å²) >= 11 is 6.06. The van der Waals surface area contributed by atoms with Gasteiger partial charge < -0.3 is 9.84 Å². The van der Waals surface area contributed by atoms with Crippen LogP contribution in [-0.4, -0.2) is 18.2 Å². The Morgan fingerprint density at radius 1 is 1.23 bits per heavy atom. The predicted octanol–water partition coefficient (Wildman–Crippen LogP) is 4.11. The summed E-state index contributed by atoms with van der Waals surface area (Å²) in [5, 5.41) is 18.6. The summed E-state index contributed by atoms with van der Waals surface area (Å²) in [6.45, 7) is 0. The number of carbonyl (C=O) groups is 1. The smallest absolute Gasteiger partial charge is 0.335 e. The van der Waals surface area contributed by atoms with Crippen LogP contribution in [0.25, 0.3) is 11.6 Å². The molecule has 2 aromatic rings. The molecule has 0 heterocycles. The second-order valence-corrected chi connectivity index (χ2v) is 4.85. The molecule has 110 valence electrons. The molecule has 0 radical (unpaired) electrons. The maximum Gasteiger partial charge on any atom is 0.335 e. The van der Waals surface area contributed by atoms with E-state index < -0.39 is 5.97 Å². The molecule has 0 aliphatic rings. The Hall–Kier alpha value is -2.77. The summed E-state index contributed by atoms with van der Waals surface area (Å²) < 4.78 is 5.08. The molecule has 4 nitrogen and oxygen atoms in total. The predicted molar refractivity (Wildman–Crippen MR) is 84.9 cm³/mol. The summed E-state index contributed by atoms with van der Waals surface area (Å²) in [5.41, 5.74) is 1.98. The van der Waals surface area contributed by atoms with Gasteiger partial charge in [0.1, 0.15) is 5.75 Å². The van der Waals surface area contributed by atoms with Gasteiger partial charge >= 0.3 is 5.97 Å². The van der Waals surface area contributed by atoms with Gasteiger partial charge in [-0.05, 0) is 41.5 Å². The van der Waals surface area contributed by atoms with Crippen LogP contribution in [0.4, 0.5) is 0 Å². The fraction of sp³-hybridized carbons (Fsp3) is 0.0588. The highest BCUT2D eigenvalue weighted by molar-refractivity contribution is 6.32. The van der Waals surface area contributed by atoms with Crippen LogP contribution in [-0.2, 0) is 0 Å². The summed E-state index contributed by atoms with van der Waals surface area (Å²) in [4.78, 5) is 10.8. The van der Waals surface area contributed by atoms with Crippen molar-refractivity contribution in [1.82, 2.24) is 0 Å². The minimum Gasteiger partial charge on any atom is -0.495 e. The van der Waals surface area contributed by atoms with Gasteiger partial charge in [0.25, 0.3) is 0 Å². The third-order valence-electron chi connectivity index (χ3n) is 3.05. The van der Waals surface area contributed by atoms with Crippen molar-refractivity contribution in [3.05, 3.63) is 64.2 Å². The van der Waals surface area contributed by atoms with Gasteiger partial charge in [-0.2, -0.15) is 5.26 Å². The number of nitrogens with zero attached hydrogens (tertiary/aromatic N) is 1. The van der Waals surface area contributed by atoms with E-state index in [1.807, 2.05) is 0 Å². The number of methoxy groups -OCH3 is 1. The number of hydrogen-bond acceptors (Lipinski definition) is 3. The number of halogens is 1. The number of carboxylic acid groups (broad SMARTS) is 1. The Labute approximate surface area is 132 Å². The highest BCUT2D eigenvalue weighted by atomic mass is 35.5. The minimum absolute atomic E-state index is 0.175. The van der Waals surface area contributed by atoms with Crippen LogP contribution in [0.3, 0.4) is 0 Å². The zero-order valence-corrected chi connectivity index (χ0v) is 12.5. The lowest BCUT2D eigenvalue weighted by atomic mass is 10.0. The normalized spacial score (nSPS) is 10.9. The van der Waals surface area contributed by atoms with Gasteiger partial charge in [0.15, 0.2) is 0 Å². The van der Waals surface area contributed by atoms with Crippen LogP contribution < -0.4 is 4.74 Å². The third-order valence-corrected chi connectivity index (χ3v) is 3.35. The Bertz CT molecular complexity index is 773. The minimum atomic E-state index is -1.00. The molecule has 2 aromatic carbocycles. The van der Waals surface area contributed by atoms with Crippen molar-refractivity contribution in [3.8, 4) is 11.8 Å². The number of allylic oxidation sites excluding steroid dienone is 1. The molecule has 0 aliphatic heterocycles. The molecule has 0 fully saturated rings. The number of carboxylic acids is 1. The van der Waals surface area contributed by atoms with Crippen LogP contribution in [0, 0.1) is 11.3 Å². The monoisotopic (exact) mass is 313 g/mol. The van der Waals surface area contributed by atoms with Crippen molar-refractivity contribution in [2.75, 3.05) is 7.11 Å². The van der Waals surface area contributed by atoms with E-state index in [2.05, 4.69) is 6.07 Å². The average molecular weight is 314 g/mol. The summed E-state index contributed by atoms with van der Waals surface area (Å²) in [7, 11) is 1.53. The molecule has 1 N–H and O–H groups in total. The van der Waals surface area contributed by atoms with Gasteiger partial charge in [-0.3, -0.25) is 0 Å². The van der Waals surface area contributed by atoms with E-state index in [0.29, 0.717) is 21.9 Å². The van der Waals surface area contributed by atoms with E-state index in [4.69, 9.17) is 21.4 Å². The van der Waals surface area contributed by atoms with Crippen LogP contribution in [0.1, 0.15) is 21.5 Å². The van der Waals surface area contributed by atoms with Crippen molar-refractivity contribution in [2.45, 2.75) is 0 Å². The Kier molecular flexibility index (Phi) is 4.82. The molecule has 0 amide bonds. The van der Waals surface area contributed by atoms with Gasteiger partial charge in [0, 0.05) is 0 Å². The van der Waals surface area contributed by atoms with E-state index in [9.17, 15) is 10.1 Å². The average Bonchev–Trinajstić information content (AvgIpc) is 2.53. The van der Waals surface area contributed by atoms with Gasteiger partial charge in [0.2, 0.25) is 0 Å². The number of rotatable bonds is 4. The first-order valence-corrected chi connectivity index (χ1v) is 6.72. The van der Waals surface area contributed by atoms with Crippen molar-refractivity contribution in [2.24, 2.45) is 0 Å². The number of benzene rings is 2. The molecule has 5 heteroatoms. The van der Waals surface area contributed by atoms with E-state index in [0.717, 1.165) is 5.56 Å². The Morgan fingerprint density at radius 3 is 2.36 bits per heavy atom. The molecule has 2 rings (SSSR count). The zero-order valence-electron chi connectivity index (χ0n) is 11.7. The van der Waals surface area contributed by atoms with Crippen molar-refractivity contribution >= 4 is 29.2 Å². The quantitative estimate of drug-likeness (QED) is 0.681. The molecule has 0 bridgehead atoms. The van der Waals surface area contributed by atoms with Gasteiger partial charge in [-0.15, -0.1) is 0 Å². The first-order valence-electron chi connectivity index (χ1n) is 6.34. The maximum absolute atomic E-state index is 10.8. The molecular formula is C17H12ClNO3. The Morgan fingerprint density at radius 2 is 1.86 bits per heavy atom. The van der Waals surface area contributed by atoms with E-state index >= 15 is 0 Å². The van der Waals surface area contributed by atoms with Crippen molar-refractivity contribution < 1.29 is 14.6 Å².